The molecule has 1 amide bonds. The quantitative estimate of drug-likeness (QED) is 0.908. The molecule has 0 radical (unpaired) electrons. The van der Waals surface area contributed by atoms with E-state index in [2.05, 4.69) is 38.2 Å². The lowest BCUT2D eigenvalue weighted by molar-refractivity contribution is 0.0950. The van der Waals surface area contributed by atoms with Crippen molar-refractivity contribution in [3.8, 4) is 0 Å². The lowest BCUT2D eigenvalue weighted by Gasteiger charge is -2.19. The first-order valence-corrected chi connectivity index (χ1v) is 7.05. The molecule has 2 rings (SSSR count). The summed E-state index contributed by atoms with van der Waals surface area (Å²) < 4.78 is 5.15. The van der Waals surface area contributed by atoms with Gasteiger partial charge in [0.1, 0.15) is 12.0 Å². The normalized spacial score (nSPS) is 11.4. The minimum atomic E-state index is -0.154. The number of hydrogen-bond donors (Lipinski definition) is 2. The minimum Gasteiger partial charge on any atom is -0.467 e. The largest absolute Gasteiger partial charge is 0.467 e. The molecular formula is C17H22N2O2. The number of hydrogen-bond acceptors (Lipinski definition) is 3. The topological polar surface area (TPSA) is 68.3 Å². The van der Waals surface area contributed by atoms with Gasteiger partial charge in [-0.15, -0.1) is 0 Å². The van der Waals surface area contributed by atoms with Crippen LogP contribution in [0.1, 0.15) is 48.0 Å². The number of amides is 1. The van der Waals surface area contributed by atoms with Crippen molar-refractivity contribution >= 4 is 5.91 Å². The summed E-state index contributed by atoms with van der Waals surface area (Å²) in [7, 11) is 0. The maximum atomic E-state index is 12.0. The van der Waals surface area contributed by atoms with Gasteiger partial charge in [0, 0.05) is 6.54 Å². The van der Waals surface area contributed by atoms with Crippen LogP contribution in [0.2, 0.25) is 0 Å². The number of nitrogens with one attached hydrogen (secondary N) is 1. The van der Waals surface area contributed by atoms with E-state index in [1.807, 2.05) is 12.1 Å². The number of furan rings is 1. The fourth-order valence-electron chi connectivity index (χ4n) is 2.01. The Morgan fingerprint density at radius 1 is 1.24 bits per heavy atom. The molecule has 21 heavy (non-hydrogen) atoms. The molecule has 0 saturated heterocycles. The monoisotopic (exact) mass is 286 g/mol. The van der Waals surface area contributed by atoms with E-state index in [0.29, 0.717) is 24.4 Å². The first kappa shape index (κ1) is 15.3. The summed E-state index contributed by atoms with van der Waals surface area (Å²) in [6, 6.07) is 9.96. The van der Waals surface area contributed by atoms with E-state index in [1.54, 1.807) is 6.07 Å². The molecular weight excluding hydrogens is 264 g/mol. The van der Waals surface area contributed by atoms with Crippen LogP contribution in [-0.4, -0.2) is 5.91 Å². The van der Waals surface area contributed by atoms with Crippen molar-refractivity contribution in [2.45, 2.75) is 39.3 Å². The minimum absolute atomic E-state index is 0.136. The van der Waals surface area contributed by atoms with Gasteiger partial charge in [0.25, 0.3) is 5.91 Å². The van der Waals surface area contributed by atoms with Crippen molar-refractivity contribution in [1.29, 1.82) is 0 Å². The molecule has 0 bridgehead atoms. The summed E-state index contributed by atoms with van der Waals surface area (Å²) in [6.07, 6.45) is 1.43. The smallest absolute Gasteiger partial charge is 0.254 e. The Morgan fingerprint density at radius 3 is 2.43 bits per heavy atom. The molecule has 4 nitrogen and oxygen atoms in total. The molecule has 1 heterocycles. The van der Waals surface area contributed by atoms with E-state index in [9.17, 15) is 4.79 Å². The number of carbonyl (C=O) groups is 1. The zero-order valence-corrected chi connectivity index (χ0v) is 12.8. The van der Waals surface area contributed by atoms with Crippen LogP contribution in [-0.2, 0) is 18.5 Å². The van der Waals surface area contributed by atoms with E-state index in [-0.39, 0.29) is 11.3 Å². The lowest BCUT2D eigenvalue weighted by Crippen LogP contribution is -2.22. The van der Waals surface area contributed by atoms with Gasteiger partial charge in [-0.05, 0) is 22.6 Å². The van der Waals surface area contributed by atoms with Crippen LogP contribution in [0, 0.1) is 0 Å². The maximum Gasteiger partial charge on any atom is 0.254 e. The van der Waals surface area contributed by atoms with Gasteiger partial charge in [-0.3, -0.25) is 4.79 Å². The van der Waals surface area contributed by atoms with Gasteiger partial charge in [-0.1, -0.05) is 45.0 Å². The first-order valence-electron chi connectivity index (χ1n) is 7.05. The van der Waals surface area contributed by atoms with E-state index in [1.165, 1.54) is 11.8 Å². The zero-order valence-electron chi connectivity index (χ0n) is 12.8. The summed E-state index contributed by atoms with van der Waals surface area (Å²) in [5.74, 6) is 0.452. The molecule has 0 spiro atoms. The van der Waals surface area contributed by atoms with Crippen LogP contribution in [0.15, 0.2) is 41.0 Å². The van der Waals surface area contributed by atoms with Crippen molar-refractivity contribution < 1.29 is 9.21 Å². The Bertz CT molecular complexity index is 606. The summed E-state index contributed by atoms with van der Waals surface area (Å²) in [5.41, 5.74) is 8.44. The van der Waals surface area contributed by atoms with E-state index in [4.69, 9.17) is 10.2 Å². The molecule has 0 unspecified atom stereocenters. The molecule has 0 atom stereocenters. The van der Waals surface area contributed by atoms with E-state index in [0.717, 1.165) is 5.56 Å². The van der Waals surface area contributed by atoms with Crippen LogP contribution in [0.5, 0.6) is 0 Å². The maximum absolute atomic E-state index is 12.0. The van der Waals surface area contributed by atoms with Gasteiger partial charge in [0.2, 0.25) is 0 Å². The van der Waals surface area contributed by atoms with Crippen LogP contribution in [0.25, 0.3) is 0 Å². The standard InChI is InChI=1S/C17H22N2O2/c1-17(2,3)14-6-4-12(5-7-14)10-19-16(20)13-8-15(9-18)21-11-13/h4-8,11H,9-10,18H2,1-3H3,(H,19,20). The van der Waals surface area contributed by atoms with Gasteiger partial charge in [0.15, 0.2) is 0 Å². The fourth-order valence-corrected chi connectivity index (χ4v) is 2.01. The van der Waals surface area contributed by atoms with E-state index >= 15 is 0 Å². The fraction of sp³-hybridized carbons (Fsp3) is 0.353. The molecule has 1 aromatic carbocycles. The second kappa shape index (κ2) is 6.14. The van der Waals surface area contributed by atoms with Gasteiger partial charge in [-0.25, -0.2) is 0 Å². The number of benzene rings is 1. The second-order valence-corrected chi connectivity index (χ2v) is 6.14. The number of rotatable bonds is 4. The van der Waals surface area contributed by atoms with Crippen molar-refractivity contribution in [2.24, 2.45) is 5.73 Å². The van der Waals surface area contributed by atoms with Crippen molar-refractivity contribution in [3.05, 3.63) is 59.0 Å². The van der Waals surface area contributed by atoms with Crippen molar-refractivity contribution in [2.75, 3.05) is 0 Å². The lowest BCUT2D eigenvalue weighted by atomic mass is 9.87. The molecule has 0 aliphatic rings. The van der Waals surface area contributed by atoms with Crippen LogP contribution in [0.3, 0.4) is 0 Å². The molecule has 0 fully saturated rings. The third-order valence-electron chi connectivity index (χ3n) is 3.39. The highest BCUT2D eigenvalue weighted by molar-refractivity contribution is 5.93. The summed E-state index contributed by atoms with van der Waals surface area (Å²) in [5, 5.41) is 2.87. The Balaban J connectivity index is 1.95. The van der Waals surface area contributed by atoms with Gasteiger partial charge in [0.05, 0.1) is 12.1 Å². The van der Waals surface area contributed by atoms with Crippen LogP contribution >= 0.6 is 0 Å². The molecule has 0 aliphatic heterocycles. The Labute approximate surface area is 125 Å². The van der Waals surface area contributed by atoms with Gasteiger partial charge < -0.3 is 15.5 Å². The first-order chi connectivity index (χ1) is 9.90. The Kier molecular flexibility index (Phi) is 4.48. The molecule has 4 heteroatoms. The summed E-state index contributed by atoms with van der Waals surface area (Å²) in [4.78, 5) is 12.0. The Morgan fingerprint density at radius 2 is 1.90 bits per heavy atom. The van der Waals surface area contributed by atoms with Crippen molar-refractivity contribution in [1.82, 2.24) is 5.32 Å². The van der Waals surface area contributed by atoms with Crippen molar-refractivity contribution in [3.63, 3.8) is 0 Å². The highest BCUT2D eigenvalue weighted by Gasteiger charge is 2.13. The molecule has 0 saturated carbocycles. The second-order valence-electron chi connectivity index (χ2n) is 6.14. The summed E-state index contributed by atoms with van der Waals surface area (Å²) >= 11 is 0. The molecule has 1 aromatic heterocycles. The Hall–Kier alpha value is -2.07. The highest BCUT2D eigenvalue weighted by atomic mass is 16.3. The SMILES string of the molecule is CC(C)(C)c1ccc(CNC(=O)c2coc(CN)c2)cc1. The third kappa shape index (κ3) is 3.95. The molecule has 3 N–H and O–H groups in total. The third-order valence-corrected chi connectivity index (χ3v) is 3.39. The predicted molar refractivity (Wildman–Crippen MR) is 82.9 cm³/mol. The molecule has 2 aromatic rings. The molecule has 112 valence electrons. The van der Waals surface area contributed by atoms with Gasteiger partial charge in [-0.2, -0.15) is 0 Å². The highest BCUT2D eigenvalue weighted by Crippen LogP contribution is 2.22. The molecule has 0 aliphatic carbocycles. The zero-order chi connectivity index (χ0) is 15.5. The number of nitrogens with two attached hydrogens (primary N) is 1. The average Bonchev–Trinajstić information content (AvgIpc) is 2.93. The van der Waals surface area contributed by atoms with Crippen LogP contribution in [0.4, 0.5) is 0 Å². The average molecular weight is 286 g/mol. The summed E-state index contributed by atoms with van der Waals surface area (Å²) in [6.45, 7) is 7.32. The predicted octanol–water partition coefficient (Wildman–Crippen LogP) is 2.97. The van der Waals surface area contributed by atoms with E-state index < -0.39 is 0 Å². The van der Waals surface area contributed by atoms with Crippen LogP contribution < -0.4 is 11.1 Å². The van der Waals surface area contributed by atoms with Gasteiger partial charge >= 0.3 is 0 Å². The number of carbonyl (C=O) groups excluding carboxylic acids is 1.